The molecule has 3 heteroatoms. The SMILES string of the molecule is CO[C@H](C[C@H](C)O)Sc1ccccc1. The third-order valence-electron chi connectivity index (χ3n) is 1.81. The lowest BCUT2D eigenvalue weighted by Crippen LogP contribution is -2.13. The number of benzene rings is 1. The minimum Gasteiger partial charge on any atom is -0.393 e. The number of aliphatic hydroxyl groups excluding tert-OH is 1. The zero-order chi connectivity index (χ0) is 10.4. The molecule has 0 spiro atoms. The first-order valence-corrected chi connectivity index (χ1v) is 5.53. The molecule has 14 heavy (non-hydrogen) atoms. The fraction of sp³-hybridized carbons (Fsp3) is 0.455. The summed E-state index contributed by atoms with van der Waals surface area (Å²) in [6, 6.07) is 10.1. The fourth-order valence-corrected chi connectivity index (χ4v) is 2.21. The Morgan fingerprint density at radius 2 is 2.00 bits per heavy atom. The lowest BCUT2D eigenvalue weighted by Gasteiger charge is -2.16. The molecule has 2 nitrogen and oxygen atoms in total. The Balaban J connectivity index is 2.48. The van der Waals surface area contributed by atoms with Gasteiger partial charge in [-0.15, -0.1) is 0 Å². The maximum absolute atomic E-state index is 9.24. The fourth-order valence-electron chi connectivity index (χ4n) is 1.12. The van der Waals surface area contributed by atoms with Crippen molar-refractivity contribution in [3.63, 3.8) is 0 Å². The maximum Gasteiger partial charge on any atom is 0.109 e. The van der Waals surface area contributed by atoms with Gasteiger partial charge in [-0.25, -0.2) is 0 Å². The van der Waals surface area contributed by atoms with Crippen LogP contribution in [0.1, 0.15) is 13.3 Å². The molecule has 1 rings (SSSR count). The van der Waals surface area contributed by atoms with Gasteiger partial charge < -0.3 is 9.84 Å². The van der Waals surface area contributed by atoms with E-state index in [9.17, 15) is 5.11 Å². The van der Waals surface area contributed by atoms with Crippen molar-refractivity contribution in [3.8, 4) is 0 Å². The van der Waals surface area contributed by atoms with Gasteiger partial charge in [0.25, 0.3) is 0 Å². The lowest BCUT2D eigenvalue weighted by molar-refractivity contribution is 0.103. The van der Waals surface area contributed by atoms with Gasteiger partial charge in [-0.2, -0.15) is 0 Å². The van der Waals surface area contributed by atoms with Crippen molar-refractivity contribution in [2.45, 2.75) is 29.8 Å². The van der Waals surface area contributed by atoms with Crippen molar-refractivity contribution < 1.29 is 9.84 Å². The number of ether oxygens (including phenoxy) is 1. The van der Waals surface area contributed by atoms with Gasteiger partial charge >= 0.3 is 0 Å². The summed E-state index contributed by atoms with van der Waals surface area (Å²) in [4.78, 5) is 1.17. The van der Waals surface area contributed by atoms with Crippen molar-refractivity contribution in [1.29, 1.82) is 0 Å². The van der Waals surface area contributed by atoms with E-state index in [1.54, 1.807) is 25.8 Å². The smallest absolute Gasteiger partial charge is 0.109 e. The second-order valence-electron chi connectivity index (χ2n) is 3.18. The first-order chi connectivity index (χ1) is 6.72. The van der Waals surface area contributed by atoms with Crippen molar-refractivity contribution in [3.05, 3.63) is 30.3 Å². The van der Waals surface area contributed by atoms with E-state index in [0.29, 0.717) is 6.42 Å². The molecule has 2 atom stereocenters. The Morgan fingerprint density at radius 1 is 1.36 bits per heavy atom. The van der Waals surface area contributed by atoms with E-state index in [4.69, 9.17) is 4.74 Å². The van der Waals surface area contributed by atoms with Gasteiger partial charge in [0.1, 0.15) is 5.44 Å². The molecule has 0 saturated carbocycles. The van der Waals surface area contributed by atoms with Gasteiger partial charge in [-0.05, 0) is 19.1 Å². The van der Waals surface area contributed by atoms with E-state index in [1.165, 1.54) is 4.90 Å². The predicted molar refractivity (Wildman–Crippen MR) is 59.4 cm³/mol. The summed E-state index contributed by atoms with van der Waals surface area (Å²) in [6.07, 6.45) is 0.326. The van der Waals surface area contributed by atoms with Crippen LogP contribution in [0.25, 0.3) is 0 Å². The second kappa shape index (κ2) is 6.06. The molecule has 78 valence electrons. The van der Waals surface area contributed by atoms with Gasteiger partial charge in [-0.3, -0.25) is 0 Å². The molecule has 0 aliphatic rings. The molecule has 1 aromatic carbocycles. The molecule has 0 aliphatic carbocycles. The van der Waals surface area contributed by atoms with Crippen molar-refractivity contribution in [2.75, 3.05) is 7.11 Å². The van der Waals surface area contributed by atoms with Crippen molar-refractivity contribution >= 4 is 11.8 Å². The van der Waals surface area contributed by atoms with E-state index < -0.39 is 0 Å². The largest absolute Gasteiger partial charge is 0.393 e. The maximum atomic E-state index is 9.24. The molecule has 0 fully saturated rings. The Bertz CT molecular complexity index is 249. The van der Waals surface area contributed by atoms with Crippen LogP contribution in [-0.4, -0.2) is 23.8 Å². The quantitative estimate of drug-likeness (QED) is 0.600. The minimum absolute atomic E-state index is 0.0254. The predicted octanol–water partition coefficient (Wildman–Crippen LogP) is 2.52. The topological polar surface area (TPSA) is 29.5 Å². The van der Waals surface area contributed by atoms with Gasteiger partial charge in [0, 0.05) is 18.4 Å². The third kappa shape index (κ3) is 4.13. The molecule has 0 amide bonds. The normalized spacial score (nSPS) is 15.1. The molecule has 1 N–H and O–H groups in total. The van der Waals surface area contributed by atoms with E-state index in [2.05, 4.69) is 0 Å². The Hall–Kier alpha value is -0.510. The zero-order valence-electron chi connectivity index (χ0n) is 8.51. The standard InChI is InChI=1S/C11H16O2S/c1-9(12)8-11(13-2)14-10-6-4-3-5-7-10/h3-7,9,11-12H,8H2,1-2H3/t9-,11-/m0/s1. The van der Waals surface area contributed by atoms with Crippen LogP contribution in [0.4, 0.5) is 0 Å². The van der Waals surface area contributed by atoms with Crippen LogP contribution < -0.4 is 0 Å². The average Bonchev–Trinajstić information content (AvgIpc) is 2.17. The van der Waals surface area contributed by atoms with Crippen molar-refractivity contribution in [2.24, 2.45) is 0 Å². The van der Waals surface area contributed by atoms with E-state index in [0.717, 1.165) is 0 Å². The Labute approximate surface area is 89.3 Å². The molecule has 0 radical (unpaired) electrons. The average molecular weight is 212 g/mol. The van der Waals surface area contributed by atoms with E-state index in [-0.39, 0.29) is 11.5 Å². The summed E-state index contributed by atoms with van der Waals surface area (Å²) in [5, 5.41) is 9.24. The summed E-state index contributed by atoms with van der Waals surface area (Å²) in [6.45, 7) is 1.78. The summed E-state index contributed by atoms with van der Waals surface area (Å²) in [7, 11) is 1.67. The molecule has 0 unspecified atom stereocenters. The second-order valence-corrected chi connectivity index (χ2v) is 4.41. The summed E-state index contributed by atoms with van der Waals surface area (Å²) in [5.41, 5.74) is 0.0254. The number of hydrogen-bond acceptors (Lipinski definition) is 3. The number of hydrogen-bond donors (Lipinski definition) is 1. The molecule has 0 heterocycles. The van der Waals surface area contributed by atoms with Gasteiger partial charge in [0.15, 0.2) is 0 Å². The number of aliphatic hydroxyl groups is 1. The molecular weight excluding hydrogens is 196 g/mol. The van der Waals surface area contributed by atoms with Crippen LogP contribution in [0.5, 0.6) is 0 Å². The third-order valence-corrected chi connectivity index (χ3v) is 3.00. The highest BCUT2D eigenvalue weighted by molar-refractivity contribution is 7.99. The molecular formula is C11H16O2S. The summed E-state index contributed by atoms with van der Waals surface area (Å²) < 4.78 is 5.27. The van der Waals surface area contributed by atoms with E-state index >= 15 is 0 Å². The Kier molecular flexibility index (Phi) is 5.01. The van der Waals surface area contributed by atoms with Gasteiger partial charge in [-0.1, -0.05) is 30.0 Å². The van der Waals surface area contributed by atoms with Crippen LogP contribution in [0.2, 0.25) is 0 Å². The van der Waals surface area contributed by atoms with Crippen LogP contribution in [0, 0.1) is 0 Å². The molecule has 0 aliphatic heterocycles. The molecule has 0 aromatic heterocycles. The molecule has 1 aromatic rings. The van der Waals surface area contributed by atoms with Crippen LogP contribution >= 0.6 is 11.8 Å². The monoisotopic (exact) mass is 212 g/mol. The highest BCUT2D eigenvalue weighted by atomic mass is 32.2. The number of rotatable bonds is 5. The van der Waals surface area contributed by atoms with Crippen LogP contribution in [0.15, 0.2) is 35.2 Å². The minimum atomic E-state index is -0.323. The van der Waals surface area contributed by atoms with Crippen LogP contribution in [0.3, 0.4) is 0 Å². The highest BCUT2D eigenvalue weighted by Gasteiger charge is 2.11. The molecule has 0 bridgehead atoms. The van der Waals surface area contributed by atoms with Gasteiger partial charge in [0.05, 0.1) is 6.10 Å². The number of thioether (sulfide) groups is 1. The summed E-state index contributed by atoms with van der Waals surface area (Å²) in [5.74, 6) is 0. The highest BCUT2D eigenvalue weighted by Crippen LogP contribution is 2.26. The summed E-state index contributed by atoms with van der Waals surface area (Å²) >= 11 is 1.63. The number of methoxy groups -OCH3 is 1. The van der Waals surface area contributed by atoms with Crippen LogP contribution in [-0.2, 0) is 4.74 Å². The molecule has 0 saturated heterocycles. The zero-order valence-corrected chi connectivity index (χ0v) is 9.33. The van der Waals surface area contributed by atoms with E-state index in [1.807, 2.05) is 30.3 Å². The lowest BCUT2D eigenvalue weighted by atomic mass is 10.3. The Morgan fingerprint density at radius 3 is 2.50 bits per heavy atom. The van der Waals surface area contributed by atoms with Gasteiger partial charge in [0.2, 0.25) is 0 Å². The first kappa shape index (κ1) is 11.6. The first-order valence-electron chi connectivity index (χ1n) is 4.65. The van der Waals surface area contributed by atoms with Crippen molar-refractivity contribution in [1.82, 2.24) is 0 Å².